The molecule has 0 unspecified atom stereocenters. The molecule has 0 radical (unpaired) electrons. The lowest BCUT2D eigenvalue weighted by molar-refractivity contribution is 0.0994. The van der Waals surface area contributed by atoms with Crippen LogP contribution in [0.4, 0.5) is 0 Å². The second-order valence-corrected chi connectivity index (χ2v) is 8.06. The Morgan fingerprint density at radius 1 is 1.23 bits per heavy atom. The number of ether oxygens (including phenoxy) is 1. The molecular formula is C23H22N2O4S. The molecule has 154 valence electrons. The van der Waals surface area contributed by atoms with Crippen LogP contribution < -0.4 is 10.2 Å². The topological polar surface area (TPSA) is 73.8 Å². The molecule has 0 aliphatic rings. The number of thiazole rings is 1. The molecule has 2 aromatic heterocycles. The minimum Gasteiger partial charge on any atom is -0.463 e. The zero-order chi connectivity index (χ0) is 21.3. The van der Waals surface area contributed by atoms with Gasteiger partial charge in [0.2, 0.25) is 5.43 Å². The van der Waals surface area contributed by atoms with Gasteiger partial charge >= 0.3 is 0 Å². The summed E-state index contributed by atoms with van der Waals surface area (Å²) in [7, 11) is 0. The summed E-state index contributed by atoms with van der Waals surface area (Å²) in [5, 5.41) is 0.366. The minimum absolute atomic E-state index is 0.0737. The molecule has 30 heavy (non-hydrogen) atoms. The van der Waals surface area contributed by atoms with Crippen molar-refractivity contribution in [2.45, 2.75) is 27.3 Å². The number of para-hydroxylation sites is 1. The number of nitrogens with zero attached hydrogens (tertiary/aromatic N) is 2. The summed E-state index contributed by atoms with van der Waals surface area (Å²) in [5.74, 6) is -0.611. The first kappa shape index (κ1) is 20.3. The van der Waals surface area contributed by atoms with E-state index >= 15 is 0 Å². The maximum atomic E-state index is 12.9. The first-order valence-electron chi connectivity index (χ1n) is 9.77. The number of rotatable bonds is 5. The smallest absolute Gasteiger partial charge is 0.286 e. The van der Waals surface area contributed by atoms with Crippen LogP contribution in [0.5, 0.6) is 0 Å². The van der Waals surface area contributed by atoms with Gasteiger partial charge in [-0.2, -0.15) is 4.99 Å². The summed E-state index contributed by atoms with van der Waals surface area (Å²) in [6.07, 6.45) is 1.20. The van der Waals surface area contributed by atoms with Gasteiger partial charge in [-0.05, 0) is 50.1 Å². The number of hydrogen-bond acceptors (Lipinski definition) is 5. The molecule has 4 aromatic rings. The van der Waals surface area contributed by atoms with Crippen molar-refractivity contribution in [2.75, 3.05) is 13.2 Å². The third-order valence-electron chi connectivity index (χ3n) is 4.88. The fourth-order valence-electron chi connectivity index (χ4n) is 3.56. The van der Waals surface area contributed by atoms with E-state index in [1.165, 1.54) is 17.6 Å². The molecular weight excluding hydrogens is 400 g/mol. The average molecular weight is 423 g/mol. The van der Waals surface area contributed by atoms with Crippen LogP contribution >= 0.6 is 11.3 Å². The van der Waals surface area contributed by atoms with Gasteiger partial charge in [0.15, 0.2) is 4.80 Å². The first-order valence-corrected chi connectivity index (χ1v) is 10.6. The molecule has 0 atom stereocenters. The monoisotopic (exact) mass is 422 g/mol. The van der Waals surface area contributed by atoms with E-state index in [-0.39, 0.29) is 11.0 Å². The highest BCUT2D eigenvalue weighted by atomic mass is 32.1. The number of carbonyl (C=O) groups excluding carboxylic acids is 1. The van der Waals surface area contributed by atoms with Crippen molar-refractivity contribution >= 4 is 38.4 Å². The van der Waals surface area contributed by atoms with E-state index in [2.05, 4.69) is 17.1 Å². The Hall–Kier alpha value is -3.03. The van der Waals surface area contributed by atoms with Gasteiger partial charge in [-0.15, -0.1) is 0 Å². The van der Waals surface area contributed by atoms with Crippen molar-refractivity contribution in [3.05, 3.63) is 74.4 Å². The molecule has 2 heterocycles. The zero-order valence-electron chi connectivity index (χ0n) is 17.1. The average Bonchev–Trinajstić information content (AvgIpc) is 3.05. The number of fused-ring (bicyclic) bond motifs is 2. The van der Waals surface area contributed by atoms with Crippen molar-refractivity contribution in [1.29, 1.82) is 0 Å². The van der Waals surface area contributed by atoms with E-state index in [1.54, 1.807) is 24.3 Å². The second-order valence-electron chi connectivity index (χ2n) is 7.05. The molecule has 0 saturated carbocycles. The van der Waals surface area contributed by atoms with E-state index in [0.29, 0.717) is 35.5 Å². The van der Waals surface area contributed by atoms with Gasteiger partial charge < -0.3 is 13.7 Å². The second kappa shape index (κ2) is 8.38. The Balaban J connectivity index is 1.86. The van der Waals surface area contributed by atoms with Crippen LogP contribution in [-0.4, -0.2) is 23.7 Å². The molecule has 4 rings (SSSR count). The molecule has 0 saturated heterocycles. The Labute approximate surface area is 177 Å². The van der Waals surface area contributed by atoms with E-state index in [4.69, 9.17) is 9.15 Å². The molecule has 0 aliphatic heterocycles. The van der Waals surface area contributed by atoms with Crippen molar-refractivity contribution in [2.24, 2.45) is 4.99 Å². The summed E-state index contributed by atoms with van der Waals surface area (Å²) in [4.78, 5) is 30.5. The van der Waals surface area contributed by atoms with Crippen LogP contribution in [0, 0.1) is 13.8 Å². The summed E-state index contributed by atoms with van der Waals surface area (Å²) in [5.41, 5.74) is 3.28. The maximum absolute atomic E-state index is 12.9. The van der Waals surface area contributed by atoms with E-state index in [0.717, 1.165) is 21.3 Å². The summed E-state index contributed by atoms with van der Waals surface area (Å²) < 4.78 is 14.0. The molecule has 6 nitrogen and oxygen atoms in total. The zero-order valence-corrected chi connectivity index (χ0v) is 17.9. The predicted molar refractivity (Wildman–Crippen MR) is 118 cm³/mol. The molecule has 0 spiro atoms. The minimum atomic E-state index is -0.611. The number of aryl methyl sites for hydroxylation is 2. The third kappa shape index (κ3) is 3.74. The lowest BCUT2D eigenvalue weighted by Crippen LogP contribution is -2.22. The standard InChI is InChI=1S/C23H22N2O4S/c1-4-28-10-9-25-20-15(3)11-14(2)12-19(20)30-23(25)24-22(27)17-13-29-18-8-6-5-7-16(18)21(17)26/h5-8,11-13H,4,9-10H2,1-3H3. The molecule has 0 aliphatic carbocycles. The molecule has 1 amide bonds. The summed E-state index contributed by atoms with van der Waals surface area (Å²) >= 11 is 1.43. The first-order chi connectivity index (χ1) is 14.5. The van der Waals surface area contributed by atoms with Crippen LogP contribution in [0.3, 0.4) is 0 Å². The van der Waals surface area contributed by atoms with Crippen molar-refractivity contribution in [1.82, 2.24) is 4.57 Å². The Morgan fingerprint density at radius 2 is 2.03 bits per heavy atom. The normalized spacial score (nSPS) is 12.2. The van der Waals surface area contributed by atoms with Gasteiger partial charge in [0.05, 0.1) is 22.2 Å². The summed E-state index contributed by atoms with van der Waals surface area (Å²) in [6, 6.07) is 11.0. The van der Waals surface area contributed by atoms with E-state index in [1.807, 2.05) is 25.3 Å². The van der Waals surface area contributed by atoms with Gasteiger partial charge in [-0.1, -0.05) is 29.5 Å². The Kier molecular flexibility index (Phi) is 5.65. The molecule has 0 bridgehead atoms. The number of aromatic nitrogens is 1. The highest BCUT2D eigenvalue weighted by Gasteiger charge is 2.16. The predicted octanol–water partition coefficient (Wildman–Crippen LogP) is 4.20. The number of carbonyl (C=O) groups is 1. The molecule has 7 heteroatoms. The van der Waals surface area contributed by atoms with Crippen molar-refractivity contribution in [3.8, 4) is 0 Å². The fourth-order valence-corrected chi connectivity index (χ4v) is 4.79. The van der Waals surface area contributed by atoms with Crippen LogP contribution in [0.25, 0.3) is 21.2 Å². The summed E-state index contributed by atoms with van der Waals surface area (Å²) in [6.45, 7) is 7.72. The Morgan fingerprint density at radius 3 is 2.83 bits per heavy atom. The van der Waals surface area contributed by atoms with Crippen LogP contribution in [0.2, 0.25) is 0 Å². The van der Waals surface area contributed by atoms with E-state index < -0.39 is 5.91 Å². The van der Waals surface area contributed by atoms with Crippen molar-refractivity contribution in [3.63, 3.8) is 0 Å². The van der Waals surface area contributed by atoms with E-state index in [9.17, 15) is 9.59 Å². The number of hydrogen-bond donors (Lipinski definition) is 0. The third-order valence-corrected chi connectivity index (χ3v) is 5.91. The lowest BCUT2D eigenvalue weighted by atomic mass is 10.1. The molecule has 0 fully saturated rings. The Bertz CT molecular complexity index is 1380. The molecule has 2 aromatic carbocycles. The van der Waals surface area contributed by atoms with Crippen LogP contribution in [-0.2, 0) is 11.3 Å². The highest BCUT2D eigenvalue weighted by Crippen LogP contribution is 2.23. The van der Waals surface area contributed by atoms with Gasteiger partial charge in [-0.3, -0.25) is 9.59 Å². The molecule has 0 N–H and O–H groups in total. The largest absolute Gasteiger partial charge is 0.463 e. The van der Waals surface area contributed by atoms with Gasteiger partial charge in [0.25, 0.3) is 5.91 Å². The van der Waals surface area contributed by atoms with Gasteiger partial charge in [0.1, 0.15) is 17.4 Å². The fraction of sp³-hybridized carbons (Fsp3) is 0.261. The quantitative estimate of drug-likeness (QED) is 0.452. The van der Waals surface area contributed by atoms with Gasteiger partial charge in [0, 0.05) is 13.2 Å². The maximum Gasteiger partial charge on any atom is 0.286 e. The highest BCUT2D eigenvalue weighted by molar-refractivity contribution is 7.16. The number of benzene rings is 2. The van der Waals surface area contributed by atoms with Crippen LogP contribution in [0.1, 0.15) is 28.4 Å². The van der Waals surface area contributed by atoms with Gasteiger partial charge in [-0.25, -0.2) is 0 Å². The van der Waals surface area contributed by atoms with Crippen molar-refractivity contribution < 1.29 is 13.9 Å². The lowest BCUT2D eigenvalue weighted by Gasteiger charge is -2.08. The SMILES string of the molecule is CCOCCn1c(=NC(=O)c2coc3ccccc3c2=O)sc2cc(C)cc(C)c21. The number of amides is 1. The van der Waals surface area contributed by atoms with Crippen LogP contribution in [0.15, 0.2) is 56.9 Å².